The molecule has 0 saturated heterocycles. The lowest BCUT2D eigenvalue weighted by Gasteiger charge is -2.16. The molecule has 0 radical (unpaired) electrons. The summed E-state index contributed by atoms with van der Waals surface area (Å²) in [6, 6.07) is 0. The topological polar surface area (TPSA) is 20.2 Å². The number of aliphatic hydroxyl groups excluding tert-OH is 1. The van der Waals surface area contributed by atoms with Crippen LogP contribution in [0.5, 0.6) is 0 Å². The molecule has 0 aromatic rings. The monoisotopic (exact) mass is 146 g/mol. The molecule has 2 heteroatoms. The van der Waals surface area contributed by atoms with Crippen LogP contribution < -0.4 is 0 Å². The lowest BCUT2D eigenvalue weighted by Crippen LogP contribution is -2.17. The van der Waals surface area contributed by atoms with E-state index in [4.69, 9.17) is 0 Å². The fourth-order valence-corrected chi connectivity index (χ4v) is 1.46. The number of alkyl halides is 1. The molecule has 10 heavy (non-hydrogen) atoms. The molecular formula is C8H15FO. The maximum Gasteiger partial charge on any atom is 0.0894 e. The normalized spacial score (nSPS) is 24.3. The summed E-state index contributed by atoms with van der Waals surface area (Å²) in [7, 11) is 0. The van der Waals surface area contributed by atoms with Gasteiger partial charge in [-0.1, -0.05) is 0 Å². The summed E-state index contributed by atoms with van der Waals surface area (Å²) in [6.45, 7) is 1.57. The Kier molecular flexibility index (Phi) is 2.29. The third-order valence-corrected chi connectivity index (χ3v) is 2.59. The van der Waals surface area contributed by atoms with Crippen LogP contribution >= 0.6 is 0 Å². The summed E-state index contributed by atoms with van der Waals surface area (Å²) < 4.78 is 11.7. The third kappa shape index (κ3) is 1.48. The van der Waals surface area contributed by atoms with E-state index in [1.165, 1.54) is 0 Å². The average molecular weight is 146 g/mol. The number of aliphatic hydroxyl groups is 1. The van der Waals surface area contributed by atoms with Gasteiger partial charge in [0.1, 0.15) is 0 Å². The van der Waals surface area contributed by atoms with Crippen LogP contribution in [0.25, 0.3) is 0 Å². The first-order valence-electron chi connectivity index (χ1n) is 3.95. The van der Waals surface area contributed by atoms with Crippen molar-refractivity contribution in [1.82, 2.24) is 0 Å². The van der Waals surface area contributed by atoms with E-state index < -0.39 is 0 Å². The second-order valence-corrected chi connectivity index (χ2v) is 3.33. The average Bonchev–Trinajstić information content (AvgIpc) is 2.64. The molecule has 1 rings (SSSR count). The minimum Gasteiger partial charge on any atom is -0.393 e. The molecule has 0 amide bonds. The highest BCUT2D eigenvalue weighted by atomic mass is 19.1. The minimum absolute atomic E-state index is 0.117. The van der Waals surface area contributed by atoms with Gasteiger partial charge in [-0.3, -0.25) is 4.39 Å². The van der Waals surface area contributed by atoms with Crippen LogP contribution in [0.3, 0.4) is 0 Å². The number of rotatable bonds is 4. The molecule has 0 bridgehead atoms. The van der Waals surface area contributed by atoms with Crippen LogP contribution in [0.15, 0.2) is 0 Å². The predicted molar refractivity (Wildman–Crippen MR) is 38.6 cm³/mol. The molecule has 1 fully saturated rings. The van der Waals surface area contributed by atoms with Crippen LogP contribution in [-0.4, -0.2) is 17.9 Å². The zero-order valence-electron chi connectivity index (χ0n) is 6.44. The predicted octanol–water partition coefficient (Wildman–Crippen LogP) is 1.90. The Morgan fingerprint density at radius 2 is 2.20 bits per heavy atom. The lowest BCUT2D eigenvalue weighted by atomic mass is 9.95. The first-order chi connectivity index (χ1) is 4.71. The Hall–Kier alpha value is -0.110. The first kappa shape index (κ1) is 7.99. The Morgan fingerprint density at radius 1 is 1.60 bits per heavy atom. The Labute approximate surface area is 61.2 Å². The Bertz CT molecular complexity index is 108. The second kappa shape index (κ2) is 2.87. The van der Waals surface area contributed by atoms with Crippen molar-refractivity contribution in [2.75, 3.05) is 6.67 Å². The van der Waals surface area contributed by atoms with E-state index in [1.807, 2.05) is 6.92 Å². The van der Waals surface area contributed by atoms with Gasteiger partial charge < -0.3 is 5.11 Å². The molecule has 1 nitrogen and oxygen atoms in total. The fraction of sp³-hybridized carbons (Fsp3) is 1.00. The quantitative estimate of drug-likeness (QED) is 0.642. The molecule has 0 aromatic heterocycles. The molecule has 1 aliphatic carbocycles. The molecule has 1 N–H and O–H groups in total. The van der Waals surface area contributed by atoms with Crippen LogP contribution in [0.1, 0.15) is 32.6 Å². The van der Waals surface area contributed by atoms with E-state index in [9.17, 15) is 9.50 Å². The summed E-state index contributed by atoms with van der Waals surface area (Å²) in [5, 5.41) is 9.25. The number of hydrogen-bond donors (Lipinski definition) is 1. The van der Waals surface area contributed by atoms with Crippen LogP contribution in [0.2, 0.25) is 0 Å². The molecule has 1 aliphatic rings. The molecule has 0 heterocycles. The zero-order valence-corrected chi connectivity index (χ0v) is 6.44. The van der Waals surface area contributed by atoms with Gasteiger partial charge in [0, 0.05) is 0 Å². The van der Waals surface area contributed by atoms with Crippen molar-refractivity contribution in [3.8, 4) is 0 Å². The van der Waals surface area contributed by atoms with E-state index in [0.29, 0.717) is 6.42 Å². The van der Waals surface area contributed by atoms with Gasteiger partial charge in [-0.25, -0.2) is 0 Å². The SMILES string of the molecule is CC(O)C1(CCCF)CC1. The van der Waals surface area contributed by atoms with Crippen molar-refractivity contribution in [2.24, 2.45) is 5.41 Å². The Balaban J connectivity index is 2.24. The van der Waals surface area contributed by atoms with Gasteiger partial charge in [-0.2, -0.15) is 0 Å². The van der Waals surface area contributed by atoms with Gasteiger partial charge in [-0.15, -0.1) is 0 Å². The Morgan fingerprint density at radius 3 is 2.50 bits per heavy atom. The van der Waals surface area contributed by atoms with Crippen LogP contribution in [-0.2, 0) is 0 Å². The van der Waals surface area contributed by atoms with Crippen molar-refractivity contribution in [3.63, 3.8) is 0 Å². The van der Waals surface area contributed by atoms with E-state index in [0.717, 1.165) is 19.3 Å². The highest BCUT2D eigenvalue weighted by Crippen LogP contribution is 2.52. The second-order valence-electron chi connectivity index (χ2n) is 3.33. The van der Waals surface area contributed by atoms with Crippen LogP contribution in [0, 0.1) is 5.41 Å². The number of hydrogen-bond acceptors (Lipinski definition) is 1. The third-order valence-electron chi connectivity index (χ3n) is 2.59. The van der Waals surface area contributed by atoms with Gasteiger partial charge in [0.05, 0.1) is 12.8 Å². The van der Waals surface area contributed by atoms with Crippen molar-refractivity contribution >= 4 is 0 Å². The molecule has 0 aliphatic heterocycles. The van der Waals surface area contributed by atoms with E-state index >= 15 is 0 Å². The van der Waals surface area contributed by atoms with Gasteiger partial charge in [0.15, 0.2) is 0 Å². The molecule has 1 saturated carbocycles. The zero-order chi connectivity index (χ0) is 7.61. The summed E-state index contributed by atoms with van der Waals surface area (Å²) in [6.07, 6.45) is 3.42. The van der Waals surface area contributed by atoms with Crippen molar-refractivity contribution < 1.29 is 9.50 Å². The summed E-state index contributed by atoms with van der Waals surface area (Å²) in [4.78, 5) is 0. The van der Waals surface area contributed by atoms with Crippen molar-refractivity contribution in [1.29, 1.82) is 0 Å². The summed E-state index contributed by atoms with van der Waals surface area (Å²) >= 11 is 0. The highest BCUT2D eigenvalue weighted by molar-refractivity contribution is 4.96. The molecule has 0 aromatic carbocycles. The lowest BCUT2D eigenvalue weighted by molar-refractivity contribution is 0.102. The summed E-state index contributed by atoms with van der Waals surface area (Å²) in [5.41, 5.74) is 0.117. The molecule has 1 unspecified atom stereocenters. The van der Waals surface area contributed by atoms with E-state index in [1.54, 1.807) is 0 Å². The molecular weight excluding hydrogens is 131 g/mol. The van der Waals surface area contributed by atoms with Gasteiger partial charge in [0.2, 0.25) is 0 Å². The van der Waals surface area contributed by atoms with Crippen molar-refractivity contribution in [2.45, 2.75) is 38.7 Å². The van der Waals surface area contributed by atoms with Gasteiger partial charge in [-0.05, 0) is 38.0 Å². The van der Waals surface area contributed by atoms with E-state index in [2.05, 4.69) is 0 Å². The molecule has 1 atom stereocenters. The molecule has 0 spiro atoms. The molecule has 60 valence electrons. The highest BCUT2D eigenvalue weighted by Gasteiger charge is 2.45. The summed E-state index contributed by atoms with van der Waals surface area (Å²) in [5.74, 6) is 0. The van der Waals surface area contributed by atoms with Gasteiger partial charge >= 0.3 is 0 Å². The maximum absolute atomic E-state index is 11.7. The van der Waals surface area contributed by atoms with E-state index in [-0.39, 0.29) is 18.2 Å². The largest absolute Gasteiger partial charge is 0.393 e. The maximum atomic E-state index is 11.7. The standard InChI is InChI=1S/C8H15FO/c1-7(10)8(4-5-8)3-2-6-9/h7,10H,2-6H2,1H3. The first-order valence-corrected chi connectivity index (χ1v) is 3.95. The van der Waals surface area contributed by atoms with Gasteiger partial charge in [0.25, 0.3) is 0 Å². The van der Waals surface area contributed by atoms with Crippen LogP contribution in [0.4, 0.5) is 4.39 Å². The smallest absolute Gasteiger partial charge is 0.0894 e. The minimum atomic E-state index is -0.242. The van der Waals surface area contributed by atoms with Crippen molar-refractivity contribution in [3.05, 3.63) is 0 Å². The number of halogens is 1. The fourth-order valence-electron chi connectivity index (χ4n) is 1.46.